The molecule has 108 valence electrons. The third-order valence-electron chi connectivity index (χ3n) is 3.64. The van der Waals surface area contributed by atoms with Gasteiger partial charge in [0.1, 0.15) is 5.01 Å². The number of hydrogen-bond acceptors (Lipinski definition) is 4. The van der Waals surface area contributed by atoms with E-state index in [4.69, 9.17) is 4.98 Å². The van der Waals surface area contributed by atoms with Gasteiger partial charge in [-0.3, -0.25) is 0 Å². The van der Waals surface area contributed by atoms with E-state index < -0.39 is 0 Å². The molecule has 0 bridgehead atoms. The van der Waals surface area contributed by atoms with Crippen LogP contribution in [0, 0.1) is 27.7 Å². The Labute approximate surface area is 133 Å². The largest absolute Gasteiger partial charge is 0.246 e. The van der Waals surface area contributed by atoms with Crippen LogP contribution in [0.25, 0.3) is 11.3 Å². The number of aromatic nitrogens is 2. The van der Waals surface area contributed by atoms with Gasteiger partial charge in [-0.1, -0.05) is 6.07 Å². The predicted octanol–water partition coefficient (Wildman–Crippen LogP) is 5.09. The first kappa shape index (κ1) is 14.4. The first-order valence-corrected chi connectivity index (χ1v) is 8.72. The smallest absolute Gasteiger partial charge is 0.100 e. The van der Waals surface area contributed by atoms with Crippen molar-refractivity contribution in [3.8, 4) is 11.3 Å². The van der Waals surface area contributed by atoms with Crippen molar-refractivity contribution in [3.63, 3.8) is 0 Å². The summed E-state index contributed by atoms with van der Waals surface area (Å²) in [5.41, 5.74) is 7.38. The molecule has 0 aliphatic heterocycles. The molecular formula is C17H18N2S2. The fraction of sp³-hybridized carbons (Fsp3) is 0.294. The SMILES string of the molecule is Cc1csc(Cc2nc(-c3cc(C)c(C)cc3C)cs2)n1. The maximum absolute atomic E-state index is 4.80. The van der Waals surface area contributed by atoms with Gasteiger partial charge >= 0.3 is 0 Å². The average molecular weight is 314 g/mol. The van der Waals surface area contributed by atoms with E-state index in [1.807, 2.05) is 6.92 Å². The second-order valence-electron chi connectivity index (χ2n) is 5.44. The van der Waals surface area contributed by atoms with Gasteiger partial charge in [-0.05, 0) is 50.5 Å². The van der Waals surface area contributed by atoms with Crippen LogP contribution >= 0.6 is 22.7 Å². The summed E-state index contributed by atoms with van der Waals surface area (Å²) >= 11 is 3.44. The molecule has 21 heavy (non-hydrogen) atoms. The van der Waals surface area contributed by atoms with E-state index in [-0.39, 0.29) is 0 Å². The molecule has 0 saturated heterocycles. The first-order valence-electron chi connectivity index (χ1n) is 6.96. The van der Waals surface area contributed by atoms with E-state index in [2.05, 4.69) is 48.6 Å². The molecule has 2 heterocycles. The quantitative estimate of drug-likeness (QED) is 0.673. The van der Waals surface area contributed by atoms with Crippen molar-refractivity contribution in [3.05, 3.63) is 55.3 Å². The highest BCUT2D eigenvalue weighted by Crippen LogP contribution is 2.28. The fourth-order valence-electron chi connectivity index (χ4n) is 2.37. The highest BCUT2D eigenvalue weighted by atomic mass is 32.1. The minimum Gasteiger partial charge on any atom is -0.246 e. The van der Waals surface area contributed by atoms with E-state index in [0.29, 0.717) is 0 Å². The van der Waals surface area contributed by atoms with Crippen molar-refractivity contribution in [2.75, 3.05) is 0 Å². The maximum Gasteiger partial charge on any atom is 0.100 e. The summed E-state index contributed by atoms with van der Waals surface area (Å²) in [6, 6.07) is 4.49. The van der Waals surface area contributed by atoms with Crippen LogP contribution in [0.5, 0.6) is 0 Å². The molecule has 2 aromatic heterocycles. The van der Waals surface area contributed by atoms with Crippen molar-refractivity contribution in [2.45, 2.75) is 34.1 Å². The van der Waals surface area contributed by atoms with Gasteiger partial charge in [0.2, 0.25) is 0 Å². The number of nitrogens with zero attached hydrogens (tertiary/aromatic N) is 2. The van der Waals surface area contributed by atoms with Crippen LogP contribution in [0.1, 0.15) is 32.4 Å². The summed E-state index contributed by atoms with van der Waals surface area (Å²) in [4.78, 5) is 9.32. The van der Waals surface area contributed by atoms with Crippen molar-refractivity contribution < 1.29 is 0 Å². The summed E-state index contributed by atoms with van der Waals surface area (Å²) in [6.07, 6.45) is 0.840. The summed E-state index contributed by atoms with van der Waals surface area (Å²) < 4.78 is 0. The molecule has 3 aromatic rings. The summed E-state index contributed by atoms with van der Waals surface area (Å²) in [7, 11) is 0. The second-order valence-corrected chi connectivity index (χ2v) is 7.32. The third-order valence-corrected chi connectivity index (χ3v) is 5.45. The monoisotopic (exact) mass is 314 g/mol. The zero-order valence-corrected chi connectivity index (χ0v) is 14.4. The zero-order valence-electron chi connectivity index (χ0n) is 12.7. The van der Waals surface area contributed by atoms with E-state index in [1.54, 1.807) is 22.7 Å². The van der Waals surface area contributed by atoms with E-state index in [0.717, 1.165) is 27.8 Å². The lowest BCUT2D eigenvalue weighted by Crippen LogP contribution is -1.90. The Balaban J connectivity index is 1.89. The van der Waals surface area contributed by atoms with Crippen LogP contribution in [0.3, 0.4) is 0 Å². The minimum absolute atomic E-state index is 0.840. The van der Waals surface area contributed by atoms with Gasteiger partial charge in [-0.2, -0.15) is 0 Å². The lowest BCUT2D eigenvalue weighted by molar-refractivity contribution is 1.08. The Bertz CT molecular complexity index is 784. The lowest BCUT2D eigenvalue weighted by Gasteiger charge is -2.07. The normalized spacial score (nSPS) is 11.0. The molecular weight excluding hydrogens is 296 g/mol. The van der Waals surface area contributed by atoms with Gasteiger partial charge in [0, 0.05) is 22.0 Å². The molecule has 0 N–H and O–H groups in total. The molecule has 0 fully saturated rings. The second kappa shape index (κ2) is 5.70. The topological polar surface area (TPSA) is 25.8 Å². The van der Waals surface area contributed by atoms with E-state index >= 15 is 0 Å². The van der Waals surface area contributed by atoms with Crippen LogP contribution in [0.4, 0.5) is 0 Å². The molecule has 0 aliphatic rings. The highest BCUT2D eigenvalue weighted by Gasteiger charge is 2.10. The Kier molecular flexibility index (Phi) is 3.91. The number of aryl methyl sites for hydroxylation is 4. The van der Waals surface area contributed by atoms with E-state index in [1.165, 1.54) is 22.3 Å². The Hall–Kier alpha value is -1.52. The molecule has 1 aromatic carbocycles. The molecule has 4 heteroatoms. The maximum atomic E-state index is 4.80. The molecule has 3 rings (SSSR count). The number of thiazole rings is 2. The van der Waals surface area contributed by atoms with Crippen LogP contribution < -0.4 is 0 Å². The van der Waals surface area contributed by atoms with Gasteiger partial charge in [0.15, 0.2) is 0 Å². The van der Waals surface area contributed by atoms with Gasteiger partial charge in [-0.15, -0.1) is 22.7 Å². The van der Waals surface area contributed by atoms with Crippen LogP contribution in [-0.2, 0) is 6.42 Å². The summed E-state index contributed by atoms with van der Waals surface area (Å²) in [6.45, 7) is 8.50. The lowest BCUT2D eigenvalue weighted by atomic mass is 9.99. The van der Waals surface area contributed by atoms with E-state index in [9.17, 15) is 0 Å². The molecule has 0 unspecified atom stereocenters. The van der Waals surface area contributed by atoms with Gasteiger partial charge in [-0.25, -0.2) is 9.97 Å². The molecule has 0 aliphatic carbocycles. The molecule has 0 spiro atoms. The Morgan fingerprint density at radius 1 is 0.810 bits per heavy atom. The predicted molar refractivity (Wildman–Crippen MR) is 91.4 cm³/mol. The van der Waals surface area contributed by atoms with Crippen molar-refractivity contribution in [2.24, 2.45) is 0 Å². The van der Waals surface area contributed by atoms with Crippen molar-refractivity contribution in [1.29, 1.82) is 0 Å². The van der Waals surface area contributed by atoms with Gasteiger partial charge in [0.05, 0.1) is 17.1 Å². The minimum atomic E-state index is 0.840. The summed E-state index contributed by atoms with van der Waals surface area (Å²) in [5.74, 6) is 0. The fourth-order valence-corrected chi connectivity index (χ4v) is 4.03. The molecule has 0 amide bonds. The van der Waals surface area contributed by atoms with Gasteiger partial charge in [0.25, 0.3) is 0 Å². The zero-order chi connectivity index (χ0) is 15.0. The van der Waals surface area contributed by atoms with Gasteiger partial charge < -0.3 is 0 Å². The molecule has 0 atom stereocenters. The number of hydrogen-bond donors (Lipinski definition) is 0. The van der Waals surface area contributed by atoms with Crippen molar-refractivity contribution >= 4 is 22.7 Å². The van der Waals surface area contributed by atoms with Crippen LogP contribution in [0.2, 0.25) is 0 Å². The molecule has 0 saturated carbocycles. The average Bonchev–Trinajstić information content (AvgIpc) is 3.04. The van der Waals surface area contributed by atoms with Crippen LogP contribution in [-0.4, -0.2) is 9.97 Å². The summed E-state index contributed by atoms with van der Waals surface area (Å²) in [5, 5.41) is 6.53. The number of rotatable bonds is 3. The van der Waals surface area contributed by atoms with Crippen molar-refractivity contribution in [1.82, 2.24) is 9.97 Å². The van der Waals surface area contributed by atoms with Crippen LogP contribution in [0.15, 0.2) is 22.9 Å². The third kappa shape index (κ3) is 3.06. The molecule has 2 nitrogen and oxygen atoms in total. The first-order chi connectivity index (χ1) is 10.0. The molecule has 0 radical (unpaired) electrons. The standard InChI is InChI=1S/C17H18N2S2/c1-10-5-12(3)14(6-11(10)2)15-9-21-17(19-15)7-16-18-13(4)8-20-16/h5-6,8-9H,7H2,1-4H3. The number of benzene rings is 1. The Morgan fingerprint density at radius 2 is 1.48 bits per heavy atom. The highest BCUT2D eigenvalue weighted by molar-refractivity contribution is 7.11. The Morgan fingerprint density at radius 3 is 2.19 bits per heavy atom.